The summed E-state index contributed by atoms with van der Waals surface area (Å²) in [4.78, 5) is 20.4. The number of amides is 1. The van der Waals surface area contributed by atoms with Gasteiger partial charge >= 0.3 is 0 Å². The molecule has 33 heavy (non-hydrogen) atoms. The molecule has 0 spiro atoms. The van der Waals surface area contributed by atoms with Crippen LogP contribution in [0.15, 0.2) is 54.7 Å². The summed E-state index contributed by atoms with van der Waals surface area (Å²) in [6.45, 7) is 1.63. The summed E-state index contributed by atoms with van der Waals surface area (Å²) < 4.78 is 20.8. The molecule has 1 atom stereocenters. The van der Waals surface area contributed by atoms with Crippen molar-refractivity contribution in [1.29, 1.82) is 0 Å². The SMILES string of the molecule is COc1ccc(-c2cn3nc(N4CCC[C@H](C(=O)NCc5ccccc5F)C4)sc3n2)cc1. The van der Waals surface area contributed by atoms with E-state index in [1.165, 1.54) is 17.4 Å². The number of imidazole rings is 1. The van der Waals surface area contributed by atoms with Crippen molar-refractivity contribution >= 4 is 27.3 Å². The van der Waals surface area contributed by atoms with E-state index in [2.05, 4.69) is 10.2 Å². The van der Waals surface area contributed by atoms with Crippen LogP contribution in [-0.2, 0) is 11.3 Å². The number of aromatic nitrogens is 3. The van der Waals surface area contributed by atoms with Gasteiger partial charge in [-0.2, -0.15) is 0 Å². The number of carbonyl (C=O) groups is 1. The molecule has 1 fully saturated rings. The smallest absolute Gasteiger partial charge is 0.225 e. The Morgan fingerprint density at radius 2 is 2.06 bits per heavy atom. The molecule has 1 aliphatic heterocycles. The molecule has 5 rings (SSSR count). The fraction of sp³-hybridized carbons (Fsp3) is 0.292. The Labute approximate surface area is 194 Å². The number of hydrogen-bond acceptors (Lipinski definition) is 6. The zero-order valence-electron chi connectivity index (χ0n) is 18.2. The van der Waals surface area contributed by atoms with Crippen LogP contribution in [0.25, 0.3) is 16.2 Å². The highest BCUT2D eigenvalue weighted by molar-refractivity contribution is 7.20. The normalized spacial score (nSPS) is 16.2. The summed E-state index contributed by atoms with van der Waals surface area (Å²) in [5.74, 6) is 0.295. The van der Waals surface area contributed by atoms with Gasteiger partial charge in [0.25, 0.3) is 0 Å². The molecule has 1 amide bonds. The van der Waals surface area contributed by atoms with E-state index in [9.17, 15) is 9.18 Å². The summed E-state index contributed by atoms with van der Waals surface area (Å²) in [5.41, 5.74) is 2.35. The Balaban J connectivity index is 1.25. The van der Waals surface area contributed by atoms with Crippen LogP contribution in [0.2, 0.25) is 0 Å². The fourth-order valence-electron chi connectivity index (χ4n) is 4.05. The first kappa shape index (κ1) is 21.4. The number of anilines is 1. The second-order valence-electron chi connectivity index (χ2n) is 8.06. The number of hydrogen-bond donors (Lipinski definition) is 1. The van der Waals surface area contributed by atoms with Gasteiger partial charge in [0.2, 0.25) is 16.0 Å². The molecule has 3 heterocycles. The molecule has 9 heteroatoms. The molecule has 0 bridgehead atoms. The van der Waals surface area contributed by atoms with Crippen LogP contribution in [0, 0.1) is 11.7 Å². The number of methoxy groups -OCH3 is 1. The average Bonchev–Trinajstić information content (AvgIpc) is 3.43. The van der Waals surface area contributed by atoms with Crippen LogP contribution in [0.4, 0.5) is 9.52 Å². The largest absolute Gasteiger partial charge is 0.497 e. The highest BCUT2D eigenvalue weighted by atomic mass is 32.1. The number of halogens is 1. The highest BCUT2D eigenvalue weighted by Crippen LogP contribution is 2.30. The molecular formula is C24H24FN5O2S. The molecule has 0 saturated carbocycles. The first-order valence-electron chi connectivity index (χ1n) is 10.9. The van der Waals surface area contributed by atoms with Gasteiger partial charge in [0, 0.05) is 30.8 Å². The monoisotopic (exact) mass is 465 g/mol. The molecule has 7 nitrogen and oxygen atoms in total. The molecule has 4 aromatic rings. The zero-order valence-corrected chi connectivity index (χ0v) is 19.0. The second-order valence-corrected chi connectivity index (χ2v) is 9.00. The third-order valence-electron chi connectivity index (χ3n) is 5.89. The van der Waals surface area contributed by atoms with Gasteiger partial charge in [-0.1, -0.05) is 29.5 Å². The van der Waals surface area contributed by atoms with E-state index in [0.717, 1.165) is 46.5 Å². The first-order chi connectivity index (χ1) is 16.1. The summed E-state index contributed by atoms with van der Waals surface area (Å²) in [7, 11) is 1.64. The van der Waals surface area contributed by atoms with Crippen molar-refractivity contribution in [3.05, 3.63) is 66.1 Å². The maximum absolute atomic E-state index is 13.8. The van der Waals surface area contributed by atoms with Crippen molar-refractivity contribution in [2.45, 2.75) is 19.4 Å². The highest BCUT2D eigenvalue weighted by Gasteiger charge is 2.28. The zero-order chi connectivity index (χ0) is 22.8. The molecule has 0 radical (unpaired) electrons. The summed E-state index contributed by atoms with van der Waals surface area (Å²) in [6.07, 6.45) is 3.63. The van der Waals surface area contributed by atoms with Crippen molar-refractivity contribution in [3.8, 4) is 17.0 Å². The number of carbonyl (C=O) groups excluding carboxylic acids is 1. The molecule has 2 aromatic heterocycles. The molecular weight excluding hydrogens is 441 g/mol. The van der Waals surface area contributed by atoms with E-state index >= 15 is 0 Å². The van der Waals surface area contributed by atoms with Crippen LogP contribution in [0.5, 0.6) is 5.75 Å². The van der Waals surface area contributed by atoms with Crippen molar-refractivity contribution in [1.82, 2.24) is 19.9 Å². The molecule has 1 aliphatic rings. The molecule has 2 aromatic carbocycles. The lowest BCUT2D eigenvalue weighted by molar-refractivity contribution is -0.125. The quantitative estimate of drug-likeness (QED) is 0.464. The minimum absolute atomic E-state index is 0.0499. The van der Waals surface area contributed by atoms with Gasteiger partial charge in [-0.15, -0.1) is 5.10 Å². The van der Waals surface area contributed by atoms with Crippen LogP contribution in [0.3, 0.4) is 0 Å². The lowest BCUT2D eigenvalue weighted by Gasteiger charge is -2.31. The summed E-state index contributed by atoms with van der Waals surface area (Å²) in [5, 5.41) is 8.45. The average molecular weight is 466 g/mol. The number of rotatable bonds is 6. The number of piperidine rings is 1. The third-order valence-corrected chi connectivity index (χ3v) is 6.88. The third kappa shape index (κ3) is 4.54. The van der Waals surface area contributed by atoms with E-state index in [1.807, 2.05) is 30.5 Å². The Kier molecular flexibility index (Phi) is 5.95. The molecule has 0 aliphatic carbocycles. The number of benzene rings is 2. The van der Waals surface area contributed by atoms with Gasteiger partial charge in [-0.25, -0.2) is 13.9 Å². The first-order valence-corrected chi connectivity index (χ1v) is 11.7. The summed E-state index contributed by atoms with van der Waals surface area (Å²) >= 11 is 1.51. The summed E-state index contributed by atoms with van der Waals surface area (Å²) in [6, 6.07) is 14.3. The van der Waals surface area contributed by atoms with Crippen molar-refractivity contribution in [2.24, 2.45) is 5.92 Å². The van der Waals surface area contributed by atoms with Gasteiger partial charge in [-0.05, 0) is 43.2 Å². The van der Waals surface area contributed by atoms with Crippen LogP contribution >= 0.6 is 11.3 Å². The van der Waals surface area contributed by atoms with Gasteiger partial charge in [0.15, 0.2) is 0 Å². The second kappa shape index (κ2) is 9.19. The fourth-order valence-corrected chi connectivity index (χ4v) is 4.97. The lowest BCUT2D eigenvalue weighted by atomic mass is 9.97. The number of fused-ring (bicyclic) bond motifs is 1. The van der Waals surface area contributed by atoms with Gasteiger partial charge in [0.05, 0.1) is 24.9 Å². The minimum Gasteiger partial charge on any atom is -0.497 e. The maximum atomic E-state index is 13.8. The molecule has 170 valence electrons. The van der Waals surface area contributed by atoms with E-state index in [-0.39, 0.29) is 24.2 Å². The molecule has 1 saturated heterocycles. The Hall–Kier alpha value is -3.46. The number of ether oxygens (including phenoxy) is 1. The Morgan fingerprint density at radius 1 is 1.24 bits per heavy atom. The van der Waals surface area contributed by atoms with Crippen molar-refractivity contribution in [3.63, 3.8) is 0 Å². The van der Waals surface area contributed by atoms with Crippen molar-refractivity contribution in [2.75, 3.05) is 25.1 Å². The van der Waals surface area contributed by atoms with Crippen LogP contribution in [0.1, 0.15) is 18.4 Å². The van der Waals surface area contributed by atoms with Gasteiger partial charge in [-0.3, -0.25) is 4.79 Å². The Morgan fingerprint density at radius 3 is 2.82 bits per heavy atom. The molecule has 1 N–H and O–H groups in total. The maximum Gasteiger partial charge on any atom is 0.225 e. The number of nitrogens with one attached hydrogen (secondary N) is 1. The van der Waals surface area contributed by atoms with Crippen molar-refractivity contribution < 1.29 is 13.9 Å². The van der Waals surface area contributed by atoms with E-state index in [4.69, 9.17) is 14.8 Å². The number of nitrogens with zero attached hydrogens (tertiary/aromatic N) is 4. The Bertz CT molecular complexity index is 1240. The van der Waals surface area contributed by atoms with E-state index in [1.54, 1.807) is 29.8 Å². The van der Waals surface area contributed by atoms with E-state index in [0.29, 0.717) is 12.1 Å². The lowest BCUT2D eigenvalue weighted by Crippen LogP contribution is -2.43. The topological polar surface area (TPSA) is 71.8 Å². The van der Waals surface area contributed by atoms with Crippen LogP contribution < -0.4 is 15.0 Å². The van der Waals surface area contributed by atoms with E-state index < -0.39 is 0 Å². The predicted octanol–water partition coefficient (Wildman–Crippen LogP) is 4.14. The minimum atomic E-state index is -0.303. The standard InChI is InChI=1S/C24H24FN5O2S/c1-32-19-10-8-16(9-11-19)21-15-30-23(27-21)33-24(28-30)29-12-4-6-18(14-29)22(31)26-13-17-5-2-3-7-20(17)25/h2-3,5,7-11,15,18H,4,6,12-14H2,1H3,(H,26,31)/t18-/m0/s1. The van der Waals surface area contributed by atoms with Gasteiger partial charge in [0.1, 0.15) is 11.6 Å². The van der Waals surface area contributed by atoms with Gasteiger partial charge < -0.3 is 15.0 Å². The van der Waals surface area contributed by atoms with Crippen LogP contribution in [-0.4, -0.2) is 40.7 Å². The molecule has 0 unspecified atom stereocenters. The predicted molar refractivity (Wildman–Crippen MR) is 126 cm³/mol.